The minimum Gasteiger partial charge on any atom is -0.496 e. The van der Waals surface area contributed by atoms with Gasteiger partial charge in [0.15, 0.2) is 0 Å². The Morgan fingerprint density at radius 1 is 1.00 bits per heavy atom. The molecule has 0 fully saturated rings. The first kappa shape index (κ1) is 15.3. The van der Waals surface area contributed by atoms with Crippen molar-refractivity contribution in [3.8, 4) is 17.2 Å². The van der Waals surface area contributed by atoms with Crippen molar-refractivity contribution in [2.45, 2.75) is 20.1 Å². The Morgan fingerprint density at radius 3 is 2.29 bits per heavy atom. The number of nitrogens with one attached hydrogen (secondary N) is 1. The van der Waals surface area contributed by atoms with Crippen molar-refractivity contribution in [2.24, 2.45) is 0 Å². The number of methoxy groups -OCH3 is 2. The van der Waals surface area contributed by atoms with E-state index < -0.39 is 0 Å². The molecule has 1 aromatic heterocycles. The molecule has 0 aliphatic heterocycles. The topological polar surface area (TPSA) is 52.9 Å². The van der Waals surface area contributed by atoms with Gasteiger partial charge < -0.3 is 23.9 Å². The summed E-state index contributed by atoms with van der Waals surface area (Å²) < 4.78 is 21.6. The molecule has 1 heterocycles. The number of hydrogen-bond acceptors (Lipinski definition) is 5. The molecule has 0 aliphatic carbocycles. The number of benzene rings is 1. The normalized spacial score (nSPS) is 10.4. The zero-order valence-electron chi connectivity index (χ0n) is 12.6. The standard InChI is InChI=1S/C16H21NO4/c1-4-17-9-12-5-16(20-10-12)11-21-15-7-13(18-2)6-14(8-15)19-3/h5-8,10,17H,4,9,11H2,1-3H3. The minimum atomic E-state index is 0.364. The fourth-order valence-corrected chi connectivity index (χ4v) is 1.88. The summed E-state index contributed by atoms with van der Waals surface area (Å²) >= 11 is 0. The van der Waals surface area contributed by atoms with Crippen LogP contribution in [0.1, 0.15) is 18.2 Å². The van der Waals surface area contributed by atoms with Crippen molar-refractivity contribution >= 4 is 0 Å². The molecule has 0 aliphatic rings. The minimum absolute atomic E-state index is 0.364. The van der Waals surface area contributed by atoms with Crippen LogP contribution < -0.4 is 19.5 Å². The van der Waals surface area contributed by atoms with E-state index >= 15 is 0 Å². The highest BCUT2D eigenvalue weighted by molar-refractivity contribution is 5.42. The van der Waals surface area contributed by atoms with Gasteiger partial charge in [0.2, 0.25) is 0 Å². The van der Waals surface area contributed by atoms with Gasteiger partial charge in [-0.3, -0.25) is 0 Å². The molecule has 0 spiro atoms. The van der Waals surface area contributed by atoms with Gasteiger partial charge in [-0.1, -0.05) is 6.92 Å². The van der Waals surface area contributed by atoms with E-state index in [1.54, 1.807) is 26.5 Å². The third-order valence-corrected chi connectivity index (χ3v) is 2.99. The number of rotatable bonds is 8. The predicted octanol–water partition coefficient (Wildman–Crippen LogP) is 2.99. The van der Waals surface area contributed by atoms with Crippen molar-refractivity contribution in [3.63, 3.8) is 0 Å². The summed E-state index contributed by atoms with van der Waals surface area (Å²) in [5.41, 5.74) is 1.11. The maximum Gasteiger partial charge on any atom is 0.146 e. The lowest BCUT2D eigenvalue weighted by Crippen LogP contribution is -2.10. The molecular weight excluding hydrogens is 270 g/mol. The van der Waals surface area contributed by atoms with Crippen molar-refractivity contribution < 1.29 is 18.6 Å². The zero-order chi connectivity index (χ0) is 15.1. The first-order valence-corrected chi connectivity index (χ1v) is 6.88. The third-order valence-electron chi connectivity index (χ3n) is 2.99. The van der Waals surface area contributed by atoms with Gasteiger partial charge in [0.25, 0.3) is 0 Å². The van der Waals surface area contributed by atoms with E-state index in [4.69, 9.17) is 18.6 Å². The quantitative estimate of drug-likeness (QED) is 0.810. The van der Waals surface area contributed by atoms with Gasteiger partial charge in [-0.15, -0.1) is 0 Å². The van der Waals surface area contributed by atoms with Crippen LogP contribution in [0.25, 0.3) is 0 Å². The lowest BCUT2D eigenvalue weighted by Gasteiger charge is -2.09. The molecule has 21 heavy (non-hydrogen) atoms. The Balaban J connectivity index is 1.97. The van der Waals surface area contributed by atoms with E-state index in [9.17, 15) is 0 Å². The van der Waals surface area contributed by atoms with Crippen molar-refractivity contribution in [2.75, 3.05) is 20.8 Å². The highest BCUT2D eigenvalue weighted by atomic mass is 16.5. The fourth-order valence-electron chi connectivity index (χ4n) is 1.88. The third kappa shape index (κ3) is 4.43. The number of hydrogen-bond donors (Lipinski definition) is 1. The molecule has 1 aromatic carbocycles. The molecule has 2 aromatic rings. The van der Waals surface area contributed by atoms with Crippen molar-refractivity contribution in [1.82, 2.24) is 5.32 Å². The predicted molar refractivity (Wildman–Crippen MR) is 80.0 cm³/mol. The SMILES string of the molecule is CCNCc1coc(COc2cc(OC)cc(OC)c2)c1. The summed E-state index contributed by atoms with van der Waals surface area (Å²) in [6.45, 7) is 4.16. The smallest absolute Gasteiger partial charge is 0.146 e. The highest BCUT2D eigenvalue weighted by Gasteiger charge is 2.06. The molecule has 5 heteroatoms. The summed E-state index contributed by atoms with van der Waals surface area (Å²) in [7, 11) is 3.22. The van der Waals surface area contributed by atoms with Gasteiger partial charge >= 0.3 is 0 Å². The molecule has 0 radical (unpaired) electrons. The van der Waals surface area contributed by atoms with Crippen LogP contribution in [0.4, 0.5) is 0 Å². The summed E-state index contributed by atoms with van der Waals surface area (Å²) in [4.78, 5) is 0. The molecule has 2 rings (SSSR count). The second kappa shape index (κ2) is 7.59. The highest BCUT2D eigenvalue weighted by Crippen LogP contribution is 2.28. The van der Waals surface area contributed by atoms with Crippen LogP contribution in [0.3, 0.4) is 0 Å². The first-order chi connectivity index (χ1) is 10.2. The fraction of sp³-hybridized carbons (Fsp3) is 0.375. The molecule has 1 N–H and O–H groups in total. The molecule has 5 nitrogen and oxygen atoms in total. The Bertz CT molecular complexity index is 543. The van der Waals surface area contributed by atoms with Crippen LogP contribution in [-0.2, 0) is 13.2 Å². The van der Waals surface area contributed by atoms with Crippen LogP contribution in [0.2, 0.25) is 0 Å². The average molecular weight is 291 g/mol. The van der Waals surface area contributed by atoms with Crippen molar-refractivity contribution in [3.05, 3.63) is 41.9 Å². The zero-order valence-corrected chi connectivity index (χ0v) is 12.6. The van der Waals surface area contributed by atoms with Crippen LogP contribution in [0.15, 0.2) is 34.9 Å². The molecule has 114 valence electrons. The van der Waals surface area contributed by atoms with Gasteiger partial charge in [-0.05, 0) is 12.6 Å². The second-order valence-corrected chi connectivity index (χ2v) is 4.54. The summed E-state index contributed by atoms with van der Waals surface area (Å²) in [5.74, 6) is 2.84. The Morgan fingerprint density at radius 2 is 1.67 bits per heavy atom. The Labute approximate surface area is 124 Å². The number of furan rings is 1. The number of ether oxygens (including phenoxy) is 3. The van der Waals surface area contributed by atoms with E-state index in [-0.39, 0.29) is 0 Å². The second-order valence-electron chi connectivity index (χ2n) is 4.54. The monoisotopic (exact) mass is 291 g/mol. The van der Waals surface area contributed by atoms with E-state index in [0.717, 1.165) is 24.4 Å². The lowest BCUT2D eigenvalue weighted by atomic mass is 10.3. The summed E-state index contributed by atoms with van der Waals surface area (Å²) in [6.07, 6.45) is 1.74. The van der Waals surface area contributed by atoms with E-state index in [1.165, 1.54) is 0 Å². The molecular formula is C16H21NO4. The maximum absolute atomic E-state index is 5.72. The van der Waals surface area contributed by atoms with Gasteiger partial charge in [0.1, 0.15) is 29.6 Å². The molecule has 0 saturated heterocycles. The Hall–Kier alpha value is -2.14. The van der Waals surface area contributed by atoms with Crippen LogP contribution in [-0.4, -0.2) is 20.8 Å². The van der Waals surface area contributed by atoms with Crippen LogP contribution >= 0.6 is 0 Å². The van der Waals surface area contributed by atoms with Crippen molar-refractivity contribution in [1.29, 1.82) is 0 Å². The molecule has 0 bridgehead atoms. The largest absolute Gasteiger partial charge is 0.496 e. The summed E-state index contributed by atoms with van der Waals surface area (Å²) in [6, 6.07) is 7.41. The van der Waals surface area contributed by atoms with Crippen LogP contribution in [0.5, 0.6) is 17.2 Å². The van der Waals surface area contributed by atoms with E-state index in [2.05, 4.69) is 12.2 Å². The molecule has 0 amide bonds. The summed E-state index contributed by atoms with van der Waals surface area (Å²) in [5, 5.41) is 3.25. The average Bonchev–Trinajstić information content (AvgIpc) is 2.98. The lowest BCUT2D eigenvalue weighted by molar-refractivity contribution is 0.267. The van der Waals surface area contributed by atoms with Crippen LogP contribution in [0, 0.1) is 0 Å². The molecule has 0 saturated carbocycles. The molecule has 0 atom stereocenters. The van der Waals surface area contributed by atoms with Gasteiger partial charge in [0.05, 0.1) is 20.5 Å². The first-order valence-electron chi connectivity index (χ1n) is 6.88. The Kier molecular flexibility index (Phi) is 5.51. The van der Waals surface area contributed by atoms with Gasteiger partial charge in [-0.25, -0.2) is 0 Å². The van der Waals surface area contributed by atoms with E-state index in [1.807, 2.05) is 18.2 Å². The molecule has 0 unspecified atom stereocenters. The maximum atomic E-state index is 5.72. The van der Waals surface area contributed by atoms with Gasteiger partial charge in [0, 0.05) is 30.3 Å². The van der Waals surface area contributed by atoms with E-state index in [0.29, 0.717) is 23.9 Å². The van der Waals surface area contributed by atoms with Gasteiger partial charge in [-0.2, -0.15) is 0 Å².